The van der Waals surface area contributed by atoms with Gasteiger partial charge in [-0.1, -0.05) is 0 Å². The third kappa shape index (κ3) is 25.6. The van der Waals surface area contributed by atoms with Crippen LogP contribution in [0.5, 0.6) is 0 Å². The summed E-state index contributed by atoms with van der Waals surface area (Å²) in [7, 11) is -2.62. The first-order valence-electron chi connectivity index (χ1n) is 0.600. The predicted octanol–water partition coefficient (Wildman–Crippen LogP) is -6.80. The molecule has 0 aromatic carbocycles. The van der Waals surface area contributed by atoms with E-state index in [2.05, 4.69) is 0 Å². The second-order valence-corrected chi connectivity index (χ2v) is 0.805. The minimum Gasteiger partial charge on any atom is -0.328 e. The van der Waals surface area contributed by atoms with Gasteiger partial charge in [0.25, 0.3) is 0 Å². The summed E-state index contributed by atoms with van der Waals surface area (Å²) in [6.45, 7) is 0. The van der Waals surface area contributed by atoms with E-state index in [0.29, 0.717) is 0 Å². The molecule has 0 saturated carbocycles. The van der Waals surface area contributed by atoms with E-state index in [-0.39, 0.29) is 103 Å². The van der Waals surface area contributed by atoms with E-state index in [4.69, 9.17) is 14.7 Å². The molecule has 0 fully saturated rings. The van der Waals surface area contributed by atoms with E-state index >= 15 is 0 Å². The van der Waals surface area contributed by atoms with E-state index in [9.17, 15) is 0 Å². The standard InChI is InChI=1S/2K.H3O3P/c;;1-4(2)3/h;;1-3H/q2*+1;. The topological polar surface area (TPSA) is 60.7 Å². The van der Waals surface area contributed by atoms with Gasteiger partial charge in [0.2, 0.25) is 0 Å². The van der Waals surface area contributed by atoms with Crippen molar-refractivity contribution < 1.29 is 117 Å². The molecule has 0 aromatic heterocycles. The van der Waals surface area contributed by atoms with Crippen molar-refractivity contribution in [2.75, 3.05) is 0 Å². The summed E-state index contributed by atoms with van der Waals surface area (Å²) < 4.78 is 0. The maximum atomic E-state index is 7.23. The summed E-state index contributed by atoms with van der Waals surface area (Å²) in [5.41, 5.74) is 0. The molecule has 0 bridgehead atoms. The fourth-order valence-electron chi connectivity index (χ4n) is 0. The molecule has 0 aliphatic rings. The Balaban J connectivity index is -0.0000000450. The van der Waals surface area contributed by atoms with Gasteiger partial charge in [-0.3, -0.25) is 0 Å². The van der Waals surface area contributed by atoms with Crippen LogP contribution in [0.2, 0.25) is 0 Å². The van der Waals surface area contributed by atoms with Gasteiger partial charge in [0.1, 0.15) is 0 Å². The molecule has 0 rings (SSSR count). The van der Waals surface area contributed by atoms with Crippen LogP contribution in [0.15, 0.2) is 0 Å². The van der Waals surface area contributed by atoms with Gasteiger partial charge in [0, 0.05) is 0 Å². The maximum Gasteiger partial charge on any atom is 1.00 e. The van der Waals surface area contributed by atoms with Crippen molar-refractivity contribution in [1.82, 2.24) is 0 Å². The van der Waals surface area contributed by atoms with Crippen molar-refractivity contribution in [2.24, 2.45) is 0 Å². The SMILES string of the molecule is OP(O)O.[K+].[K+]. The Morgan fingerprint density at radius 3 is 0.833 bits per heavy atom. The minimum absolute atomic E-state index is 0. The van der Waals surface area contributed by atoms with Gasteiger partial charge in [-0.2, -0.15) is 0 Å². The molecule has 0 spiro atoms. The molecule has 26 valence electrons. The second-order valence-electron chi connectivity index (χ2n) is 0.268. The zero-order valence-electron chi connectivity index (χ0n) is 3.79. The average Bonchev–Trinajstić information content (AvgIpc) is 0.811. The van der Waals surface area contributed by atoms with Crippen molar-refractivity contribution in [3.05, 3.63) is 0 Å². The number of hydrogen-bond acceptors (Lipinski definition) is 3. The molecular weight excluding hydrogens is 157 g/mol. The van der Waals surface area contributed by atoms with Gasteiger partial charge in [0.05, 0.1) is 0 Å². The molecule has 6 heavy (non-hydrogen) atoms. The monoisotopic (exact) mass is 160 g/mol. The van der Waals surface area contributed by atoms with E-state index in [1.807, 2.05) is 0 Å². The number of rotatable bonds is 0. The Labute approximate surface area is 122 Å². The molecule has 0 heterocycles. The summed E-state index contributed by atoms with van der Waals surface area (Å²) in [6.07, 6.45) is 0. The van der Waals surface area contributed by atoms with Gasteiger partial charge in [-0.05, 0) is 0 Å². The van der Waals surface area contributed by atoms with Crippen LogP contribution in [0.4, 0.5) is 0 Å². The third-order valence-corrected chi connectivity index (χ3v) is 0. The van der Waals surface area contributed by atoms with E-state index in [1.54, 1.807) is 0 Å². The van der Waals surface area contributed by atoms with Gasteiger partial charge < -0.3 is 14.7 Å². The fourth-order valence-corrected chi connectivity index (χ4v) is 0. The largest absolute Gasteiger partial charge is 1.00 e. The molecule has 0 atom stereocenters. The van der Waals surface area contributed by atoms with Gasteiger partial charge in [-0.15, -0.1) is 0 Å². The van der Waals surface area contributed by atoms with Crippen LogP contribution in [0.1, 0.15) is 0 Å². The molecule has 0 amide bonds. The fraction of sp³-hybridized carbons (Fsp3) is 0. The Kier molecular flexibility index (Phi) is 30.9. The summed E-state index contributed by atoms with van der Waals surface area (Å²) >= 11 is 0. The molecule has 0 unspecified atom stereocenters. The molecule has 3 N–H and O–H groups in total. The van der Waals surface area contributed by atoms with Gasteiger partial charge >= 0.3 is 111 Å². The van der Waals surface area contributed by atoms with Crippen LogP contribution in [0.25, 0.3) is 0 Å². The zero-order chi connectivity index (χ0) is 3.58. The normalized spacial score (nSPS) is 6.00. The summed E-state index contributed by atoms with van der Waals surface area (Å²) in [5, 5.41) is 0. The zero-order valence-corrected chi connectivity index (χ0v) is 10.9. The summed E-state index contributed by atoms with van der Waals surface area (Å²) in [5.74, 6) is 0. The van der Waals surface area contributed by atoms with Crippen LogP contribution < -0.4 is 103 Å². The van der Waals surface area contributed by atoms with E-state index < -0.39 is 8.60 Å². The third-order valence-electron chi connectivity index (χ3n) is 0. The Bertz CT molecular complexity index is 13.5. The van der Waals surface area contributed by atoms with Gasteiger partial charge in [0.15, 0.2) is 0 Å². The van der Waals surface area contributed by atoms with Crippen molar-refractivity contribution in [3.63, 3.8) is 0 Å². The minimum atomic E-state index is -2.62. The van der Waals surface area contributed by atoms with Gasteiger partial charge in [-0.25, -0.2) is 0 Å². The molecule has 6 heteroatoms. The van der Waals surface area contributed by atoms with Crippen LogP contribution >= 0.6 is 8.60 Å². The van der Waals surface area contributed by atoms with Crippen molar-refractivity contribution in [1.29, 1.82) is 0 Å². The molecule has 0 radical (unpaired) electrons. The quantitative estimate of drug-likeness (QED) is 0.244. The molecular formula is H3K2O3P+2. The molecule has 0 aliphatic heterocycles. The van der Waals surface area contributed by atoms with Crippen molar-refractivity contribution in [2.45, 2.75) is 0 Å². The number of hydrogen-bond donors (Lipinski definition) is 3. The molecule has 0 aliphatic carbocycles. The van der Waals surface area contributed by atoms with Crippen LogP contribution in [0.3, 0.4) is 0 Å². The first-order chi connectivity index (χ1) is 1.73. The maximum absolute atomic E-state index is 7.23. The average molecular weight is 160 g/mol. The first kappa shape index (κ1) is 16.3. The van der Waals surface area contributed by atoms with Crippen molar-refractivity contribution in [3.8, 4) is 0 Å². The van der Waals surface area contributed by atoms with Crippen LogP contribution in [-0.4, -0.2) is 14.7 Å². The Hall–Kier alpha value is 3.58. The van der Waals surface area contributed by atoms with Crippen LogP contribution in [0, 0.1) is 0 Å². The van der Waals surface area contributed by atoms with Crippen molar-refractivity contribution >= 4 is 8.60 Å². The second kappa shape index (κ2) is 11.4. The predicted molar refractivity (Wildman–Crippen MR) is 13.6 cm³/mol. The Morgan fingerprint density at radius 1 is 0.833 bits per heavy atom. The van der Waals surface area contributed by atoms with E-state index in [0.717, 1.165) is 0 Å². The molecule has 0 aromatic rings. The summed E-state index contributed by atoms with van der Waals surface area (Å²) in [4.78, 5) is 21.7. The van der Waals surface area contributed by atoms with E-state index in [1.165, 1.54) is 0 Å². The Morgan fingerprint density at radius 2 is 0.833 bits per heavy atom. The van der Waals surface area contributed by atoms with Crippen LogP contribution in [-0.2, 0) is 0 Å². The smallest absolute Gasteiger partial charge is 0.328 e. The summed E-state index contributed by atoms with van der Waals surface area (Å²) in [6, 6.07) is 0. The molecule has 0 saturated heterocycles. The first-order valence-corrected chi connectivity index (χ1v) is 1.80. The molecule has 3 nitrogen and oxygen atoms in total.